The smallest absolute Gasteiger partial charge is 0.193 e. The highest BCUT2D eigenvalue weighted by atomic mass is 16.5. The number of likely N-dealkylation sites (tertiary alicyclic amines) is 1. The van der Waals surface area contributed by atoms with Crippen molar-refractivity contribution < 1.29 is 14.2 Å². The van der Waals surface area contributed by atoms with Crippen molar-refractivity contribution in [3.8, 4) is 11.5 Å². The Morgan fingerprint density at radius 2 is 1.97 bits per heavy atom. The number of benzene rings is 2. The van der Waals surface area contributed by atoms with E-state index < -0.39 is 0 Å². The average Bonchev–Trinajstić information content (AvgIpc) is 3.26. The number of methoxy groups -OCH3 is 1. The van der Waals surface area contributed by atoms with Gasteiger partial charge >= 0.3 is 0 Å². The molecule has 0 bridgehead atoms. The number of hydrogen-bond acceptors (Lipinski definition) is 4. The Labute approximate surface area is 179 Å². The molecule has 1 heterocycles. The number of nitrogens with one attached hydrogen (secondary N) is 1. The molecule has 0 aliphatic carbocycles. The van der Waals surface area contributed by atoms with Gasteiger partial charge in [0.1, 0.15) is 11.5 Å². The zero-order valence-electron chi connectivity index (χ0n) is 18.0. The quantitative estimate of drug-likeness (QED) is 0.368. The van der Waals surface area contributed by atoms with Crippen molar-refractivity contribution in [2.45, 2.75) is 19.4 Å². The Hall–Kier alpha value is -2.73. The van der Waals surface area contributed by atoms with Gasteiger partial charge in [-0.1, -0.05) is 36.4 Å². The van der Waals surface area contributed by atoms with Gasteiger partial charge < -0.3 is 24.4 Å². The molecule has 6 nitrogen and oxygen atoms in total. The number of hydrogen-bond donors (Lipinski definition) is 1. The summed E-state index contributed by atoms with van der Waals surface area (Å²) in [7, 11) is 3.50. The lowest BCUT2D eigenvalue weighted by Gasteiger charge is -2.21. The molecule has 0 spiro atoms. The number of guanidine groups is 1. The highest BCUT2D eigenvalue weighted by Gasteiger charge is 2.24. The van der Waals surface area contributed by atoms with E-state index in [1.165, 1.54) is 5.56 Å². The maximum absolute atomic E-state index is 5.92. The molecule has 6 heteroatoms. The fraction of sp³-hybridized carbons (Fsp3) is 0.458. The van der Waals surface area contributed by atoms with Crippen molar-refractivity contribution in [3.05, 3.63) is 60.2 Å². The minimum Gasteiger partial charge on any atom is -0.497 e. The van der Waals surface area contributed by atoms with E-state index in [4.69, 9.17) is 14.2 Å². The van der Waals surface area contributed by atoms with Gasteiger partial charge in [0.2, 0.25) is 0 Å². The lowest BCUT2D eigenvalue weighted by Crippen LogP contribution is -2.40. The molecule has 1 atom stereocenters. The minimum absolute atomic E-state index is 0.545. The summed E-state index contributed by atoms with van der Waals surface area (Å²) in [4.78, 5) is 6.76. The molecule has 0 radical (unpaired) electrons. The summed E-state index contributed by atoms with van der Waals surface area (Å²) in [6.45, 7) is 4.93. The van der Waals surface area contributed by atoms with Gasteiger partial charge in [0.15, 0.2) is 5.96 Å². The number of aliphatic imine (C=N–C) groups is 1. The van der Waals surface area contributed by atoms with E-state index in [9.17, 15) is 0 Å². The van der Waals surface area contributed by atoms with Crippen LogP contribution in [0, 0.1) is 5.92 Å². The van der Waals surface area contributed by atoms with E-state index in [0.29, 0.717) is 19.1 Å². The van der Waals surface area contributed by atoms with Gasteiger partial charge in [-0.2, -0.15) is 0 Å². The number of rotatable bonds is 10. The van der Waals surface area contributed by atoms with Crippen LogP contribution in [0.4, 0.5) is 0 Å². The molecule has 2 aromatic carbocycles. The van der Waals surface area contributed by atoms with E-state index >= 15 is 0 Å². The molecular weight excluding hydrogens is 378 g/mol. The molecule has 0 amide bonds. The lowest BCUT2D eigenvalue weighted by atomic mass is 10.1. The molecule has 0 saturated carbocycles. The topological polar surface area (TPSA) is 55.3 Å². The van der Waals surface area contributed by atoms with Crippen molar-refractivity contribution in [1.29, 1.82) is 0 Å². The third kappa shape index (κ3) is 6.95. The summed E-state index contributed by atoms with van der Waals surface area (Å²) >= 11 is 0. The van der Waals surface area contributed by atoms with E-state index in [-0.39, 0.29) is 0 Å². The van der Waals surface area contributed by atoms with E-state index in [1.54, 1.807) is 7.11 Å². The normalized spacial score (nSPS) is 16.5. The molecule has 1 unspecified atom stereocenters. The first-order valence-electron chi connectivity index (χ1n) is 10.6. The van der Waals surface area contributed by atoms with Crippen LogP contribution in [0.3, 0.4) is 0 Å². The van der Waals surface area contributed by atoms with Crippen LogP contribution in [0.1, 0.15) is 18.4 Å². The molecular formula is C24H33N3O3. The van der Waals surface area contributed by atoms with Crippen molar-refractivity contribution in [1.82, 2.24) is 10.2 Å². The molecule has 162 valence electrons. The maximum Gasteiger partial charge on any atom is 0.193 e. The third-order valence-electron chi connectivity index (χ3n) is 5.18. The molecule has 1 aliphatic heterocycles. The zero-order chi connectivity index (χ0) is 21.0. The van der Waals surface area contributed by atoms with Crippen LogP contribution in [0.25, 0.3) is 0 Å². The average molecular weight is 412 g/mol. The van der Waals surface area contributed by atoms with Gasteiger partial charge in [-0.15, -0.1) is 0 Å². The van der Waals surface area contributed by atoms with E-state index in [0.717, 1.165) is 56.5 Å². The van der Waals surface area contributed by atoms with Gasteiger partial charge in [-0.05, 0) is 30.5 Å². The van der Waals surface area contributed by atoms with Crippen LogP contribution in [0.2, 0.25) is 0 Å². The second-order valence-corrected chi connectivity index (χ2v) is 7.46. The highest BCUT2D eigenvalue weighted by molar-refractivity contribution is 5.80. The molecule has 2 aromatic rings. The SMILES string of the molecule is CN=C(NCCCOc1cccc(OC)c1)N1CCC(COCc2ccccc2)C1. The van der Waals surface area contributed by atoms with Gasteiger partial charge in [0, 0.05) is 38.7 Å². The Balaban J connectivity index is 1.31. The summed E-state index contributed by atoms with van der Waals surface area (Å²) in [5, 5.41) is 3.45. The first kappa shape index (κ1) is 22.0. The summed E-state index contributed by atoms with van der Waals surface area (Å²) in [5.74, 6) is 3.14. The molecule has 1 aliphatic rings. The van der Waals surface area contributed by atoms with Crippen LogP contribution in [0.5, 0.6) is 11.5 Å². The first-order chi connectivity index (χ1) is 14.8. The van der Waals surface area contributed by atoms with Crippen LogP contribution >= 0.6 is 0 Å². The lowest BCUT2D eigenvalue weighted by molar-refractivity contribution is 0.0906. The predicted molar refractivity (Wildman–Crippen MR) is 120 cm³/mol. The summed E-state index contributed by atoms with van der Waals surface area (Å²) in [6.07, 6.45) is 2.03. The van der Waals surface area contributed by atoms with Crippen molar-refractivity contribution in [3.63, 3.8) is 0 Å². The van der Waals surface area contributed by atoms with Gasteiger partial charge in [-0.25, -0.2) is 0 Å². The summed E-state index contributed by atoms with van der Waals surface area (Å²) in [6, 6.07) is 18.0. The van der Waals surface area contributed by atoms with Gasteiger partial charge in [0.25, 0.3) is 0 Å². The Morgan fingerprint density at radius 3 is 2.77 bits per heavy atom. The third-order valence-corrected chi connectivity index (χ3v) is 5.18. The van der Waals surface area contributed by atoms with Crippen molar-refractivity contribution in [2.75, 3.05) is 47.0 Å². The monoisotopic (exact) mass is 411 g/mol. The molecule has 1 fully saturated rings. The van der Waals surface area contributed by atoms with Crippen LogP contribution in [-0.2, 0) is 11.3 Å². The predicted octanol–water partition coefficient (Wildman–Crippen LogP) is 3.58. The van der Waals surface area contributed by atoms with Crippen LogP contribution in [0.15, 0.2) is 59.6 Å². The minimum atomic E-state index is 0.545. The van der Waals surface area contributed by atoms with Crippen LogP contribution in [-0.4, -0.2) is 57.9 Å². The van der Waals surface area contributed by atoms with E-state index in [1.807, 2.05) is 49.5 Å². The van der Waals surface area contributed by atoms with Crippen molar-refractivity contribution >= 4 is 5.96 Å². The molecule has 0 aromatic heterocycles. The maximum atomic E-state index is 5.92. The highest BCUT2D eigenvalue weighted by Crippen LogP contribution is 2.19. The largest absolute Gasteiger partial charge is 0.497 e. The second-order valence-electron chi connectivity index (χ2n) is 7.46. The number of ether oxygens (including phenoxy) is 3. The molecule has 30 heavy (non-hydrogen) atoms. The van der Waals surface area contributed by atoms with Crippen molar-refractivity contribution in [2.24, 2.45) is 10.9 Å². The fourth-order valence-corrected chi connectivity index (χ4v) is 3.56. The standard InChI is InChI=1S/C24H33N3O3/c1-25-24(26-13-7-15-30-23-11-6-10-22(16-23)28-2)27-14-12-21(17-27)19-29-18-20-8-4-3-5-9-20/h3-6,8-11,16,21H,7,12-15,17-19H2,1-2H3,(H,25,26). The second kappa shape index (κ2) is 12.1. The summed E-state index contributed by atoms with van der Waals surface area (Å²) < 4.78 is 16.9. The Kier molecular flexibility index (Phi) is 8.84. The van der Waals surface area contributed by atoms with Gasteiger partial charge in [0.05, 0.1) is 26.9 Å². The first-order valence-corrected chi connectivity index (χ1v) is 10.6. The summed E-state index contributed by atoms with van der Waals surface area (Å²) in [5.41, 5.74) is 1.22. The molecule has 1 N–H and O–H groups in total. The zero-order valence-corrected chi connectivity index (χ0v) is 18.0. The molecule has 3 rings (SSSR count). The molecule has 1 saturated heterocycles. The van der Waals surface area contributed by atoms with Crippen LogP contribution < -0.4 is 14.8 Å². The Morgan fingerprint density at radius 1 is 1.13 bits per heavy atom. The Bertz CT molecular complexity index is 782. The van der Waals surface area contributed by atoms with E-state index in [2.05, 4.69) is 27.3 Å². The fourth-order valence-electron chi connectivity index (χ4n) is 3.56. The van der Waals surface area contributed by atoms with Gasteiger partial charge in [-0.3, -0.25) is 4.99 Å². The number of nitrogens with zero attached hydrogens (tertiary/aromatic N) is 2.